The number of carbonyl (C=O) groups excluding carboxylic acids is 1. The van der Waals surface area contributed by atoms with Crippen LogP contribution in [0.5, 0.6) is 0 Å². The Morgan fingerprint density at radius 3 is 2.94 bits per heavy atom. The van der Waals surface area contributed by atoms with Crippen molar-refractivity contribution in [2.24, 2.45) is 0 Å². The van der Waals surface area contributed by atoms with E-state index in [0.29, 0.717) is 30.3 Å². The van der Waals surface area contributed by atoms with Crippen LogP contribution in [-0.4, -0.2) is 33.2 Å². The molecule has 0 aromatic carbocycles. The lowest BCUT2D eigenvalue weighted by Crippen LogP contribution is -2.22. The Hall–Kier alpha value is -2.31. The van der Waals surface area contributed by atoms with Crippen LogP contribution in [0.15, 0.2) is 23.1 Å². The van der Waals surface area contributed by atoms with Gasteiger partial charge >= 0.3 is 5.97 Å². The number of ether oxygens (including phenoxy) is 1. The van der Waals surface area contributed by atoms with E-state index in [0.717, 1.165) is 0 Å². The zero-order chi connectivity index (χ0) is 12.6. The number of carbonyl (C=O) groups is 1. The predicted molar refractivity (Wildman–Crippen MR) is 58.3 cm³/mol. The van der Waals surface area contributed by atoms with E-state index in [2.05, 4.69) is 20.1 Å². The molecule has 2 aromatic rings. The molecular formula is C11H10N4O3. The van der Waals surface area contributed by atoms with Crippen LogP contribution in [0.3, 0.4) is 0 Å². The van der Waals surface area contributed by atoms with E-state index in [1.165, 1.54) is 13.4 Å². The third-order valence-electron chi connectivity index (χ3n) is 2.97. The minimum atomic E-state index is -0.743. The number of aromatic nitrogens is 4. The first-order valence-corrected chi connectivity index (χ1v) is 5.45. The highest BCUT2D eigenvalue weighted by Crippen LogP contribution is 2.48. The molecule has 1 aliphatic rings. The molecule has 0 atom stereocenters. The van der Waals surface area contributed by atoms with E-state index in [4.69, 9.17) is 9.26 Å². The average Bonchev–Trinajstić information content (AvgIpc) is 3.09. The predicted octanol–water partition coefficient (Wildman–Crippen LogP) is 0.731. The average molecular weight is 246 g/mol. The van der Waals surface area contributed by atoms with Crippen LogP contribution in [0.2, 0.25) is 0 Å². The van der Waals surface area contributed by atoms with Crippen LogP contribution < -0.4 is 0 Å². The van der Waals surface area contributed by atoms with Crippen LogP contribution in [0.1, 0.15) is 18.7 Å². The summed E-state index contributed by atoms with van der Waals surface area (Å²) in [5.41, 5.74) is -0.187. The van der Waals surface area contributed by atoms with Crippen LogP contribution >= 0.6 is 0 Å². The van der Waals surface area contributed by atoms with E-state index in [1.54, 1.807) is 12.3 Å². The van der Waals surface area contributed by atoms with Gasteiger partial charge in [0.05, 0.1) is 7.11 Å². The van der Waals surface area contributed by atoms with E-state index in [-0.39, 0.29) is 5.97 Å². The number of esters is 1. The van der Waals surface area contributed by atoms with Crippen molar-refractivity contribution in [2.75, 3.05) is 7.11 Å². The molecule has 0 bridgehead atoms. The maximum absolute atomic E-state index is 11.7. The summed E-state index contributed by atoms with van der Waals surface area (Å²) in [7, 11) is 1.35. The molecule has 3 rings (SSSR count). The fraction of sp³-hybridized carbons (Fsp3) is 0.364. The number of hydrogen-bond donors (Lipinski definition) is 0. The minimum Gasteiger partial charge on any atom is -0.468 e. The summed E-state index contributed by atoms with van der Waals surface area (Å²) in [6, 6.07) is 1.67. The SMILES string of the molecule is COC(=O)C1(c2nc(-c3ccncn3)no2)CC1. The van der Waals surface area contributed by atoms with Crippen molar-refractivity contribution in [2.45, 2.75) is 18.3 Å². The quantitative estimate of drug-likeness (QED) is 0.737. The van der Waals surface area contributed by atoms with Gasteiger partial charge in [0, 0.05) is 6.20 Å². The van der Waals surface area contributed by atoms with Crippen molar-refractivity contribution >= 4 is 5.97 Å². The molecule has 0 amide bonds. The Balaban J connectivity index is 1.94. The Bertz CT molecular complexity index is 577. The summed E-state index contributed by atoms with van der Waals surface area (Å²) in [4.78, 5) is 23.7. The molecule has 18 heavy (non-hydrogen) atoms. The molecule has 1 aliphatic carbocycles. The van der Waals surface area contributed by atoms with Crippen molar-refractivity contribution in [3.05, 3.63) is 24.5 Å². The third kappa shape index (κ3) is 1.55. The second-order valence-corrected chi connectivity index (χ2v) is 4.09. The number of hydrogen-bond acceptors (Lipinski definition) is 7. The van der Waals surface area contributed by atoms with Crippen LogP contribution in [-0.2, 0) is 14.9 Å². The molecule has 2 heterocycles. The third-order valence-corrected chi connectivity index (χ3v) is 2.97. The molecule has 2 aromatic heterocycles. The standard InChI is InChI=1S/C11H10N4O3/c1-17-10(16)11(3-4-11)9-14-8(15-18-9)7-2-5-12-6-13-7/h2,5-6H,3-4H2,1H3. The molecule has 0 radical (unpaired) electrons. The molecule has 0 spiro atoms. The van der Waals surface area contributed by atoms with Crippen LogP contribution in [0, 0.1) is 0 Å². The molecular weight excluding hydrogens is 236 g/mol. The highest BCUT2D eigenvalue weighted by atomic mass is 16.5. The first-order chi connectivity index (χ1) is 8.76. The number of nitrogens with zero attached hydrogens (tertiary/aromatic N) is 4. The van der Waals surface area contributed by atoms with Crippen LogP contribution in [0.25, 0.3) is 11.5 Å². The molecule has 7 nitrogen and oxygen atoms in total. The fourth-order valence-electron chi connectivity index (χ4n) is 1.77. The summed E-state index contributed by atoms with van der Waals surface area (Å²) in [5.74, 6) is 0.311. The molecule has 1 saturated carbocycles. The lowest BCUT2D eigenvalue weighted by Gasteiger charge is -2.05. The Labute approximate surface area is 102 Å². The summed E-state index contributed by atoms with van der Waals surface area (Å²) in [6.07, 6.45) is 4.33. The van der Waals surface area contributed by atoms with Gasteiger partial charge in [-0.3, -0.25) is 4.79 Å². The normalized spacial score (nSPS) is 16.3. The van der Waals surface area contributed by atoms with Gasteiger partial charge in [-0.05, 0) is 18.9 Å². The molecule has 0 aliphatic heterocycles. The maximum Gasteiger partial charge on any atom is 0.321 e. The van der Waals surface area contributed by atoms with E-state index >= 15 is 0 Å². The van der Waals surface area contributed by atoms with Crippen molar-refractivity contribution in [3.8, 4) is 11.5 Å². The van der Waals surface area contributed by atoms with Crippen molar-refractivity contribution in [1.29, 1.82) is 0 Å². The van der Waals surface area contributed by atoms with Gasteiger partial charge in [-0.25, -0.2) is 9.97 Å². The Morgan fingerprint density at radius 2 is 2.33 bits per heavy atom. The monoisotopic (exact) mass is 246 g/mol. The van der Waals surface area contributed by atoms with Gasteiger partial charge in [0.25, 0.3) is 0 Å². The van der Waals surface area contributed by atoms with E-state index in [1.807, 2.05) is 0 Å². The van der Waals surface area contributed by atoms with Gasteiger partial charge < -0.3 is 9.26 Å². The fourth-order valence-corrected chi connectivity index (χ4v) is 1.77. The van der Waals surface area contributed by atoms with Gasteiger partial charge in [0.1, 0.15) is 17.4 Å². The zero-order valence-corrected chi connectivity index (χ0v) is 9.66. The lowest BCUT2D eigenvalue weighted by atomic mass is 10.1. The van der Waals surface area contributed by atoms with Gasteiger partial charge in [0.15, 0.2) is 0 Å². The number of rotatable bonds is 3. The summed E-state index contributed by atoms with van der Waals surface area (Å²) in [6.45, 7) is 0. The topological polar surface area (TPSA) is 91.0 Å². The molecule has 0 N–H and O–H groups in total. The summed E-state index contributed by atoms with van der Waals surface area (Å²) >= 11 is 0. The van der Waals surface area contributed by atoms with Crippen LogP contribution in [0.4, 0.5) is 0 Å². The first kappa shape index (κ1) is 10.8. The molecule has 0 saturated heterocycles. The van der Waals surface area contributed by atoms with Crippen molar-refractivity contribution in [1.82, 2.24) is 20.1 Å². The lowest BCUT2D eigenvalue weighted by molar-refractivity contribution is -0.144. The van der Waals surface area contributed by atoms with Crippen molar-refractivity contribution < 1.29 is 14.1 Å². The maximum atomic E-state index is 11.7. The molecule has 7 heteroatoms. The van der Waals surface area contributed by atoms with Gasteiger partial charge in [0.2, 0.25) is 11.7 Å². The minimum absolute atomic E-state index is 0.294. The molecule has 0 unspecified atom stereocenters. The highest BCUT2D eigenvalue weighted by Gasteiger charge is 2.57. The number of methoxy groups -OCH3 is 1. The van der Waals surface area contributed by atoms with Gasteiger partial charge in [-0.1, -0.05) is 5.16 Å². The smallest absolute Gasteiger partial charge is 0.321 e. The molecule has 92 valence electrons. The largest absolute Gasteiger partial charge is 0.468 e. The van der Waals surface area contributed by atoms with Gasteiger partial charge in [-0.2, -0.15) is 4.98 Å². The second-order valence-electron chi connectivity index (χ2n) is 4.09. The highest BCUT2D eigenvalue weighted by molar-refractivity contribution is 5.85. The summed E-state index contributed by atoms with van der Waals surface area (Å²) < 4.78 is 9.90. The van der Waals surface area contributed by atoms with Gasteiger partial charge in [-0.15, -0.1) is 0 Å². The Morgan fingerprint density at radius 1 is 1.50 bits per heavy atom. The van der Waals surface area contributed by atoms with E-state index < -0.39 is 5.41 Å². The first-order valence-electron chi connectivity index (χ1n) is 5.45. The van der Waals surface area contributed by atoms with E-state index in [9.17, 15) is 4.79 Å². The summed E-state index contributed by atoms with van der Waals surface area (Å²) in [5, 5.41) is 3.83. The molecule has 1 fully saturated rings. The zero-order valence-electron chi connectivity index (χ0n) is 9.66. The van der Waals surface area contributed by atoms with Crippen molar-refractivity contribution in [3.63, 3.8) is 0 Å². The Kier molecular flexibility index (Phi) is 2.32. The second kappa shape index (κ2) is 3.86.